The number of nitrogens with one attached hydrogen (secondary N) is 1. The van der Waals surface area contributed by atoms with Gasteiger partial charge in [0.2, 0.25) is 0 Å². The molecule has 3 heterocycles. The van der Waals surface area contributed by atoms with Crippen molar-refractivity contribution in [3.8, 4) is 0 Å². The Labute approximate surface area is 155 Å². The van der Waals surface area contributed by atoms with Gasteiger partial charge in [0.05, 0.1) is 12.6 Å². The summed E-state index contributed by atoms with van der Waals surface area (Å²) >= 11 is 1.66. The number of rotatable bonds is 7. The summed E-state index contributed by atoms with van der Waals surface area (Å²) in [4.78, 5) is 27.4. The third-order valence-electron chi connectivity index (χ3n) is 4.06. The first kappa shape index (κ1) is 18.2. The Balaban J connectivity index is 1.63. The topological polar surface area (TPSA) is 67.5 Å². The number of furan rings is 1. The van der Waals surface area contributed by atoms with Crippen LogP contribution < -0.4 is 10.9 Å². The van der Waals surface area contributed by atoms with Crippen LogP contribution in [0.15, 0.2) is 63.3 Å². The van der Waals surface area contributed by atoms with Crippen molar-refractivity contribution in [1.29, 1.82) is 0 Å². The molecule has 3 rings (SSSR count). The van der Waals surface area contributed by atoms with Crippen molar-refractivity contribution in [3.63, 3.8) is 0 Å². The average molecular weight is 371 g/mol. The number of aromatic nitrogens is 1. The first-order valence-corrected chi connectivity index (χ1v) is 9.15. The maximum atomic E-state index is 12.4. The minimum atomic E-state index is -0.264. The van der Waals surface area contributed by atoms with Crippen molar-refractivity contribution < 1.29 is 9.21 Å². The van der Waals surface area contributed by atoms with E-state index < -0.39 is 0 Å². The van der Waals surface area contributed by atoms with Crippen LogP contribution in [-0.4, -0.2) is 36.0 Å². The summed E-state index contributed by atoms with van der Waals surface area (Å²) in [6, 6.07) is 12.5. The van der Waals surface area contributed by atoms with Crippen LogP contribution in [0.1, 0.15) is 27.2 Å². The van der Waals surface area contributed by atoms with Gasteiger partial charge in [-0.2, -0.15) is 0 Å². The Kier molecular flexibility index (Phi) is 5.70. The summed E-state index contributed by atoms with van der Waals surface area (Å²) < 4.78 is 7.13. The Morgan fingerprint density at radius 1 is 1.23 bits per heavy atom. The molecule has 7 heteroatoms. The predicted octanol–water partition coefficient (Wildman–Crippen LogP) is 2.58. The molecule has 0 fully saturated rings. The maximum absolute atomic E-state index is 12.4. The van der Waals surface area contributed by atoms with E-state index in [1.807, 2.05) is 25.5 Å². The highest BCUT2D eigenvalue weighted by atomic mass is 32.1. The molecule has 26 heavy (non-hydrogen) atoms. The first-order valence-electron chi connectivity index (χ1n) is 8.27. The molecule has 1 atom stereocenters. The van der Waals surface area contributed by atoms with E-state index in [2.05, 4.69) is 16.3 Å². The summed E-state index contributed by atoms with van der Waals surface area (Å²) in [5.41, 5.74) is -0.111. The van der Waals surface area contributed by atoms with E-state index in [9.17, 15) is 9.59 Å². The molecule has 1 unspecified atom stereocenters. The Hall–Kier alpha value is -2.64. The van der Waals surface area contributed by atoms with E-state index in [4.69, 9.17) is 4.42 Å². The molecule has 0 aromatic carbocycles. The lowest BCUT2D eigenvalue weighted by Gasteiger charge is -2.23. The molecular weight excluding hydrogens is 350 g/mol. The quantitative estimate of drug-likeness (QED) is 0.693. The molecule has 0 aliphatic heterocycles. The molecule has 0 aliphatic carbocycles. The van der Waals surface area contributed by atoms with Gasteiger partial charge in [-0.25, -0.2) is 0 Å². The van der Waals surface area contributed by atoms with Crippen molar-refractivity contribution in [1.82, 2.24) is 14.8 Å². The van der Waals surface area contributed by atoms with Crippen LogP contribution >= 0.6 is 11.3 Å². The minimum absolute atomic E-state index is 0.108. The normalized spacial score (nSPS) is 12.3. The number of nitrogens with zero attached hydrogens (tertiary/aromatic N) is 2. The highest BCUT2D eigenvalue weighted by Gasteiger charge is 2.18. The van der Waals surface area contributed by atoms with Crippen molar-refractivity contribution in [2.24, 2.45) is 0 Å². The molecule has 1 amide bonds. The van der Waals surface area contributed by atoms with Gasteiger partial charge in [0.1, 0.15) is 5.76 Å². The van der Waals surface area contributed by atoms with E-state index in [0.29, 0.717) is 18.8 Å². The average Bonchev–Trinajstić information content (AvgIpc) is 3.29. The van der Waals surface area contributed by atoms with Crippen LogP contribution in [-0.2, 0) is 6.54 Å². The van der Waals surface area contributed by atoms with Gasteiger partial charge in [0.25, 0.3) is 11.5 Å². The Morgan fingerprint density at radius 3 is 2.77 bits per heavy atom. The second kappa shape index (κ2) is 8.16. The fourth-order valence-corrected chi connectivity index (χ4v) is 3.56. The number of carbonyl (C=O) groups is 1. The number of likely N-dealkylation sites (N-methyl/N-ethyl adjacent to an activating group) is 1. The van der Waals surface area contributed by atoms with Crippen LogP contribution in [0.25, 0.3) is 0 Å². The lowest BCUT2D eigenvalue weighted by molar-refractivity contribution is 0.0912. The number of hydrogen-bond donors (Lipinski definition) is 1. The minimum Gasteiger partial charge on any atom is -0.454 e. The van der Waals surface area contributed by atoms with E-state index in [-0.39, 0.29) is 23.3 Å². The first-order chi connectivity index (χ1) is 12.5. The number of carbonyl (C=O) groups excluding carboxylic acids is 1. The van der Waals surface area contributed by atoms with Gasteiger partial charge < -0.3 is 19.2 Å². The zero-order chi connectivity index (χ0) is 18.5. The van der Waals surface area contributed by atoms with Gasteiger partial charge in [0.15, 0.2) is 5.76 Å². The summed E-state index contributed by atoms with van der Waals surface area (Å²) in [5, 5.41) is 4.95. The van der Waals surface area contributed by atoms with Gasteiger partial charge in [-0.15, -0.1) is 11.3 Å². The van der Waals surface area contributed by atoms with Crippen LogP contribution in [0.3, 0.4) is 0 Å². The monoisotopic (exact) mass is 371 g/mol. The zero-order valence-corrected chi connectivity index (χ0v) is 15.5. The number of pyridine rings is 1. The molecule has 3 aromatic rings. The smallest absolute Gasteiger partial charge is 0.287 e. The third kappa shape index (κ3) is 4.30. The fourth-order valence-electron chi connectivity index (χ4n) is 2.64. The molecule has 0 radical (unpaired) electrons. The molecule has 3 aromatic heterocycles. The Bertz CT molecular complexity index is 912. The van der Waals surface area contributed by atoms with Crippen LogP contribution in [0.5, 0.6) is 0 Å². The van der Waals surface area contributed by atoms with Crippen LogP contribution in [0.4, 0.5) is 0 Å². The van der Waals surface area contributed by atoms with Crippen molar-refractivity contribution in [2.75, 3.05) is 20.6 Å². The highest BCUT2D eigenvalue weighted by molar-refractivity contribution is 7.10. The van der Waals surface area contributed by atoms with Crippen molar-refractivity contribution in [2.45, 2.75) is 12.6 Å². The van der Waals surface area contributed by atoms with Gasteiger partial charge in [-0.3, -0.25) is 9.59 Å². The summed E-state index contributed by atoms with van der Waals surface area (Å²) in [6.07, 6.45) is 1.69. The molecule has 0 bridgehead atoms. The molecule has 6 nitrogen and oxygen atoms in total. The summed E-state index contributed by atoms with van der Waals surface area (Å²) in [7, 11) is 3.97. The number of thiophene rings is 1. The lowest BCUT2D eigenvalue weighted by atomic mass is 10.2. The third-order valence-corrected chi connectivity index (χ3v) is 5.04. The standard InChI is InChI=1S/C19H21N3O3S/c1-21(2)15(17-6-5-11-26-17)12-20-19(24)16-9-8-14(25-16)13-22-10-4-3-7-18(22)23/h3-11,15H,12-13H2,1-2H3,(H,20,24). The Morgan fingerprint density at radius 2 is 2.08 bits per heavy atom. The second-order valence-corrected chi connectivity index (χ2v) is 7.12. The van der Waals surface area contributed by atoms with Crippen molar-refractivity contribution >= 4 is 17.2 Å². The van der Waals surface area contributed by atoms with Gasteiger partial charge in [-0.1, -0.05) is 12.1 Å². The maximum Gasteiger partial charge on any atom is 0.287 e. The van der Waals surface area contributed by atoms with E-state index in [1.54, 1.807) is 41.8 Å². The molecule has 136 valence electrons. The van der Waals surface area contributed by atoms with Crippen LogP contribution in [0.2, 0.25) is 0 Å². The molecule has 1 N–H and O–H groups in total. The predicted molar refractivity (Wildman–Crippen MR) is 102 cm³/mol. The molecule has 0 saturated carbocycles. The second-order valence-electron chi connectivity index (χ2n) is 6.14. The molecule has 0 spiro atoms. The van der Waals surface area contributed by atoms with Crippen LogP contribution in [0, 0.1) is 0 Å². The lowest BCUT2D eigenvalue weighted by Crippen LogP contribution is -2.34. The zero-order valence-electron chi connectivity index (χ0n) is 14.7. The fraction of sp³-hybridized carbons (Fsp3) is 0.263. The molecule has 0 saturated heterocycles. The van der Waals surface area contributed by atoms with Gasteiger partial charge in [0, 0.05) is 23.7 Å². The number of hydrogen-bond acceptors (Lipinski definition) is 5. The summed E-state index contributed by atoms with van der Waals surface area (Å²) in [5.74, 6) is 0.540. The molecular formula is C19H21N3O3S. The van der Waals surface area contributed by atoms with Gasteiger partial charge >= 0.3 is 0 Å². The highest BCUT2D eigenvalue weighted by Crippen LogP contribution is 2.22. The summed E-state index contributed by atoms with van der Waals surface area (Å²) in [6.45, 7) is 0.781. The number of amides is 1. The van der Waals surface area contributed by atoms with E-state index >= 15 is 0 Å². The van der Waals surface area contributed by atoms with E-state index in [1.165, 1.54) is 15.5 Å². The SMILES string of the molecule is CN(C)C(CNC(=O)c1ccc(Cn2ccccc2=O)o1)c1cccs1. The van der Waals surface area contributed by atoms with Crippen molar-refractivity contribution in [3.05, 3.63) is 80.8 Å². The van der Waals surface area contributed by atoms with E-state index in [0.717, 1.165) is 0 Å². The largest absolute Gasteiger partial charge is 0.454 e. The molecule has 0 aliphatic rings. The van der Waals surface area contributed by atoms with Gasteiger partial charge in [-0.05, 0) is 43.7 Å².